The maximum Gasteiger partial charge on any atom is 0.266 e. The number of likely N-dealkylation sites (tertiary alicyclic amines) is 1. The summed E-state index contributed by atoms with van der Waals surface area (Å²) in [5, 5.41) is 18.8. The van der Waals surface area contributed by atoms with Crippen molar-refractivity contribution in [3.05, 3.63) is 58.1 Å². The Labute approximate surface area is 170 Å². The highest BCUT2D eigenvalue weighted by molar-refractivity contribution is 5.92. The molecule has 1 atom stereocenters. The van der Waals surface area contributed by atoms with Gasteiger partial charge in [0.25, 0.3) is 5.56 Å². The predicted molar refractivity (Wildman–Crippen MR) is 115 cm³/mol. The molecule has 1 aliphatic heterocycles. The molecule has 1 saturated heterocycles. The van der Waals surface area contributed by atoms with Crippen LogP contribution in [0.25, 0.3) is 10.8 Å². The number of piperidine rings is 1. The van der Waals surface area contributed by atoms with E-state index >= 15 is 0 Å². The van der Waals surface area contributed by atoms with Crippen molar-refractivity contribution < 1.29 is 0 Å². The molecule has 152 valence electrons. The van der Waals surface area contributed by atoms with Crippen LogP contribution in [0.1, 0.15) is 30.7 Å². The van der Waals surface area contributed by atoms with E-state index in [9.17, 15) is 4.79 Å². The molecular formula is C22H28N6O. The van der Waals surface area contributed by atoms with Crippen LogP contribution in [-0.2, 0) is 6.54 Å². The number of nitrogens with one attached hydrogen (secondary N) is 1. The van der Waals surface area contributed by atoms with Gasteiger partial charge in [-0.1, -0.05) is 30.7 Å². The molecule has 7 heteroatoms. The minimum absolute atomic E-state index is 0.0383. The summed E-state index contributed by atoms with van der Waals surface area (Å²) < 4.78 is 1.58. The molecule has 1 N–H and O–H groups in total. The van der Waals surface area contributed by atoms with Crippen molar-refractivity contribution in [3.8, 4) is 0 Å². The first-order chi connectivity index (χ1) is 14.1. The quantitative estimate of drug-likeness (QED) is 0.695. The first-order valence-corrected chi connectivity index (χ1v) is 10.4. The van der Waals surface area contributed by atoms with Gasteiger partial charge in [-0.05, 0) is 39.3 Å². The SMILES string of the molecule is Cc1ccc(=O)n(CCN2CCCCC2CNc2nnc(C)c3ccccc23)n1. The first kappa shape index (κ1) is 19.5. The number of fused-ring (bicyclic) bond motifs is 1. The fourth-order valence-corrected chi connectivity index (χ4v) is 4.10. The van der Waals surface area contributed by atoms with Gasteiger partial charge in [-0.3, -0.25) is 9.69 Å². The lowest BCUT2D eigenvalue weighted by Gasteiger charge is -2.36. The molecule has 3 heterocycles. The van der Waals surface area contributed by atoms with Crippen LogP contribution in [0.15, 0.2) is 41.2 Å². The van der Waals surface area contributed by atoms with Gasteiger partial charge in [0.15, 0.2) is 5.82 Å². The maximum atomic E-state index is 12.0. The highest BCUT2D eigenvalue weighted by atomic mass is 16.1. The Morgan fingerprint density at radius 1 is 1.03 bits per heavy atom. The summed E-state index contributed by atoms with van der Waals surface area (Å²) in [6.07, 6.45) is 3.56. The van der Waals surface area contributed by atoms with Crippen LogP contribution in [-0.4, -0.2) is 50.6 Å². The van der Waals surface area contributed by atoms with Gasteiger partial charge in [0, 0.05) is 36.0 Å². The van der Waals surface area contributed by atoms with Gasteiger partial charge in [-0.25, -0.2) is 4.68 Å². The van der Waals surface area contributed by atoms with Crippen molar-refractivity contribution in [2.24, 2.45) is 0 Å². The number of hydrogen-bond donors (Lipinski definition) is 1. The van der Waals surface area contributed by atoms with E-state index in [2.05, 4.69) is 37.6 Å². The van der Waals surface area contributed by atoms with E-state index in [1.54, 1.807) is 16.8 Å². The summed E-state index contributed by atoms with van der Waals surface area (Å²) in [6.45, 7) is 7.21. The van der Waals surface area contributed by atoms with Crippen molar-refractivity contribution in [1.82, 2.24) is 24.9 Å². The van der Waals surface area contributed by atoms with Crippen molar-refractivity contribution in [2.75, 3.05) is 25.0 Å². The van der Waals surface area contributed by atoms with Crippen molar-refractivity contribution in [1.29, 1.82) is 0 Å². The molecule has 4 rings (SSSR count). The zero-order chi connectivity index (χ0) is 20.2. The van der Waals surface area contributed by atoms with E-state index in [0.29, 0.717) is 12.6 Å². The lowest BCUT2D eigenvalue weighted by atomic mass is 10.0. The number of aromatic nitrogens is 4. The fraction of sp³-hybridized carbons (Fsp3) is 0.455. The highest BCUT2D eigenvalue weighted by Crippen LogP contribution is 2.23. The fourth-order valence-electron chi connectivity index (χ4n) is 4.10. The van der Waals surface area contributed by atoms with Crippen LogP contribution in [0.2, 0.25) is 0 Å². The number of nitrogens with zero attached hydrogens (tertiary/aromatic N) is 5. The van der Waals surface area contributed by atoms with Crippen LogP contribution in [0.4, 0.5) is 5.82 Å². The Morgan fingerprint density at radius 3 is 2.72 bits per heavy atom. The smallest absolute Gasteiger partial charge is 0.266 e. The van der Waals surface area contributed by atoms with Crippen LogP contribution >= 0.6 is 0 Å². The minimum Gasteiger partial charge on any atom is -0.366 e. The maximum absolute atomic E-state index is 12.0. The van der Waals surface area contributed by atoms with E-state index in [4.69, 9.17) is 0 Å². The highest BCUT2D eigenvalue weighted by Gasteiger charge is 2.22. The van der Waals surface area contributed by atoms with Gasteiger partial charge in [0.1, 0.15) is 0 Å². The molecule has 0 spiro atoms. The lowest BCUT2D eigenvalue weighted by Crippen LogP contribution is -2.45. The normalized spacial score (nSPS) is 17.5. The monoisotopic (exact) mass is 392 g/mol. The summed E-state index contributed by atoms with van der Waals surface area (Å²) in [7, 11) is 0. The van der Waals surface area contributed by atoms with E-state index in [1.165, 1.54) is 12.8 Å². The van der Waals surface area contributed by atoms with Crippen molar-refractivity contribution in [2.45, 2.75) is 45.7 Å². The van der Waals surface area contributed by atoms with Gasteiger partial charge in [-0.15, -0.1) is 5.10 Å². The number of rotatable bonds is 6. The van der Waals surface area contributed by atoms with E-state index < -0.39 is 0 Å². The van der Waals surface area contributed by atoms with Crippen LogP contribution in [0.3, 0.4) is 0 Å². The van der Waals surface area contributed by atoms with Crippen LogP contribution < -0.4 is 10.9 Å². The van der Waals surface area contributed by atoms with Crippen LogP contribution in [0.5, 0.6) is 0 Å². The summed E-state index contributed by atoms with van der Waals surface area (Å²) in [5.74, 6) is 0.841. The number of aryl methyl sites for hydroxylation is 2. The third kappa shape index (κ3) is 4.45. The second-order valence-electron chi connectivity index (χ2n) is 7.78. The van der Waals surface area contributed by atoms with Gasteiger partial charge in [0.05, 0.1) is 17.9 Å². The molecule has 7 nitrogen and oxygen atoms in total. The molecule has 2 aromatic heterocycles. The van der Waals surface area contributed by atoms with Gasteiger partial charge in [0.2, 0.25) is 0 Å². The van der Waals surface area contributed by atoms with Crippen LogP contribution in [0, 0.1) is 13.8 Å². The molecule has 0 saturated carbocycles. The molecule has 1 aliphatic rings. The summed E-state index contributed by atoms with van der Waals surface area (Å²) in [6, 6.07) is 12.0. The average molecular weight is 393 g/mol. The van der Waals surface area contributed by atoms with Crippen molar-refractivity contribution >= 4 is 16.6 Å². The number of hydrogen-bond acceptors (Lipinski definition) is 6. The molecule has 3 aromatic rings. The Bertz CT molecular complexity index is 1050. The van der Waals surface area contributed by atoms with Gasteiger partial charge >= 0.3 is 0 Å². The zero-order valence-corrected chi connectivity index (χ0v) is 17.1. The molecule has 0 radical (unpaired) electrons. The average Bonchev–Trinajstić information content (AvgIpc) is 2.75. The third-order valence-electron chi connectivity index (χ3n) is 5.73. The first-order valence-electron chi connectivity index (χ1n) is 10.4. The van der Waals surface area contributed by atoms with E-state index in [1.807, 2.05) is 26.0 Å². The second kappa shape index (κ2) is 8.69. The van der Waals surface area contributed by atoms with E-state index in [-0.39, 0.29) is 5.56 Å². The standard InChI is InChI=1S/C22H28N6O/c1-16-10-11-21(29)28(26-16)14-13-27-12-6-5-7-18(27)15-23-22-20-9-4-3-8-19(20)17(2)24-25-22/h3-4,8-11,18H,5-7,12-15H2,1-2H3,(H,23,25). The second-order valence-corrected chi connectivity index (χ2v) is 7.78. The molecule has 0 bridgehead atoms. The predicted octanol–water partition coefficient (Wildman–Crippen LogP) is 2.77. The third-order valence-corrected chi connectivity index (χ3v) is 5.73. The van der Waals surface area contributed by atoms with Gasteiger partial charge < -0.3 is 5.32 Å². The summed E-state index contributed by atoms with van der Waals surface area (Å²) in [4.78, 5) is 14.5. The largest absolute Gasteiger partial charge is 0.366 e. The summed E-state index contributed by atoms with van der Waals surface area (Å²) in [5.41, 5.74) is 1.77. The summed E-state index contributed by atoms with van der Waals surface area (Å²) >= 11 is 0. The Morgan fingerprint density at radius 2 is 1.86 bits per heavy atom. The number of anilines is 1. The Kier molecular flexibility index (Phi) is 5.85. The lowest BCUT2D eigenvalue weighted by molar-refractivity contribution is 0.148. The molecule has 0 amide bonds. The number of benzene rings is 1. The molecule has 0 aliphatic carbocycles. The van der Waals surface area contributed by atoms with Gasteiger partial charge in [-0.2, -0.15) is 10.2 Å². The molecule has 1 fully saturated rings. The Hall–Kier alpha value is -2.80. The van der Waals surface area contributed by atoms with Crippen molar-refractivity contribution in [3.63, 3.8) is 0 Å². The molecule has 1 aromatic carbocycles. The van der Waals surface area contributed by atoms with E-state index in [0.717, 1.165) is 54.0 Å². The molecule has 1 unspecified atom stereocenters. The zero-order valence-electron chi connectivity index (χ0n) is 17.1. The molecular weight excluding hydrogens is 364 g/mol. The minimum atomic E-state index is -0.0383. The Balaban J connectivity index is 1.44. The molecule has 29 heavy (non-hydrogen) atoms. The topological polar surface area (TPSA) is 75.9 Å².